The second-order valence-electron chi connectivity index (χ2n) is 7.40. The van der Waals surface area contributed by atoms with Crippen molar-refractivity contribution in [2.75, 3.05) is 36.8 Å². The summed E-state index contributed by atoms with van der Waals surface area (Å²) in [5.74, 6) is 2.10. The van der Waals surface area contributed by atoms with Crippen molar-refractivity contribution in [2.24, 2.45) is 0 Å². The highest BCUT2D eigenvalue weighted by atomic mass is 32.2. The number of hydrogen-bond donors (Lipinski definition) is 0. The van der Waals surface area contributed by atoms with Crippen LogP contribution in [0.3, 0.4) is 0 Å². The van der Waals surface area contributed by atoms with Crippen molar-refractivity contribution in [3.63, 3.8) is 0 Å². The summed E-state index contributed by atoms with van der Waals surface area (Å²) in [6.45, 7) is 2.86. The SMILES string of the molecule is O=C(CSc1nnnn1C1CC1)N1CCN(c2ccnc(-c3ccccc3)n2)CC1. The van der Waals surface area contributed by atoms with E-state index < -0.39 is 0 Å². The smallest absolute Gasteiger partial charge is 0.233 e. The van der Waals surface area contributed by atoms with Crippen LogP contribution in [0.25, 0.3) is 11.4 Å². The number of tetrazole rings is 1. The predicted molar refractivity (Wildman–Crippen MR) is 113 cm³/mol. The number of carbonyl (C=O) groups is 1. The van der Waals surface area contributed by atoms with Gasteiger partial charge >= 0.3 is 0 Å². The summed E-state index contributed by atoms with van der Waals surface area (Å²) in [4.78, 5) is 25.9. The van der Waals surface area contributed by atoms with Crippen molar-refractivity contribution >= 4 is 23.5 Å². The maximum Gasteiger partial charge on any atom is 0.233 e. The molecule has 1 amide bonds. The zero-order valence-corrected chi connectivity index (χ0v) is 17.3. The van der Waals surface area contributed by atoms with Crippen LogP contribution in [0, 0.1) is 0 Å². The molecule has 1 aromatic carbocycles. The Balaban J connectivity index is 1.16. The number of carbonyl (C=O) groups excluding carboxylic acids is 1. The van der Waals surface area contributed by atoms with Crippen molar-refractivity contribution in [2.45, 2.75) is 24.0 Å². The first kappa shape index (κ1) is 19.0. The molecule has 1 aliphatic carbocycles. The molecule has 3 aromatic rings. The highest BCUT2D eigenvalue weighted by Crippen LogP contribution is 2.36. The molecule has 30 heavy (non-hydrogen) atoms. The van der Waals surface area contributed by atoms with Gasteiger partial charge in [0.05, 0.1) is 11.8 Å². The Labute approximate surface area is 178 Å². The molecule has 1 saturated heterocycles. The summed E-state index contributed by atoms with van der Waals surface area (Å²) in [6.07, 6.45) is 4.02. The number of amides is 1. The van der Waals surface area contributed by atoms with Gasteiger partial charge in [-0.1, -0.05) is 42.1 Å². The average molecular weight is 423 g/mol. The Hall–Kier alpha value is -3.01. The number of aromatic nitrogens is 6. The molecule has 1 saturated carbocycles. The summed E-state index contributed by atoms with van der Waals surface area (Å²) in [6, 6.07) is 12.3. The lowest BCUT2D eigenvalue weighted by Crippen LogP contribution is -2.49. The second-order valence-corrected chi connectivity index (χ2v) is 8.34. The van der Waals surface area contributed by atoms with Crippen molar-refractivity contribution in [1.29, 1.82) is 0 Å². The number of benzene rings is 1. The molecule has 1 aliphatic heterocycles. The molecular formula is C20H22N8OS. The van der Waals surface area contributed by atoms with Crippen LogP contribution in [-0.4, -0.2) is 72.9 Å². The normalized spacial score (nSPS) is 16.7. The molecule has 0 bridgehead atoms. The van der Waals surface area contributed by atoms with E-state index in [1.165, 1.54) is 11.8 Å². The van der Waals surface area contributed by atoms with E-state index in [0.29, 0.717) is 24.9 Å². The molecule has 9 nitrogen and oxygen atoms in total. The third-order valence-electron chi connectivity index (χ3n) is 5.31. The lowest BCUT2D eigenvalue weighted by Gasteiger charge is -2.35. The summed E-state index contributed by atoms with van der Waals surface area (Å²) >= 11 is 1.42. The molecule has 0 spiro atoms. The molecule has 0 unspecified atom stereocenters. The fourth-order valence-electron chi connectivity index (χ4n) is 3.48. The van der Waals surface area contributed by atoms with Crippen molar-refractivity contribution < 1.29 is 4.79 Å². The minimum atomic E-state index is 0.123. The molecule has 2 fully saturated rings. The van der Waals surface area contributed by atoms with Crippen LogP contribution in [0.1, 0.15) is 18.9 Å². The Bertz CT molecular complexity index is 1010. The van der Waals surface area contributed by atoms with Crippen LogP contribution >= 0.6 is 11.8 Å². The molecule has 0 N–H and O–H groups in total. The minimum absolute atomic E-state index is 0.123. The first-order chi connectivity index (χ1) is 14.8. The van der Waals surface area contributed by atoms with E-state index in [1.807, 2.05) is 46.0 Å². The summed E-state index contributed by atoms with van der Waals surface area (Å²) in [7, 11) is 0. The fourth-order valence-corrected chi connectivity index (χ4v) is 4.33. The van der Waals surface area contributed by atoms with Crippen LogP contribution in [0.5, 0.6) is 0 Å². The molecule has 154 valence electrons. The van der Waals surface area contributed by atoms with Gasteiger partial charge in [-0.25, -0.2) is 14.6 Å². The van der Waals surface area contributed by atoms with E-state index in [4.69, 9.17) is 4.98 Å². The number of rotatable bonds is 6. The van der Waals surface area contributed by atoms with E-state index in [2.05, 4.69) is 25.4 Å². The van der Waals surface area contributed by atoms with Gasteiger partial charge < -0.3 is 9.80 Å². The van der Waals surface area contributed by atoms with Gasteiger partial charge in [-0.2, -0.15) is 0 Å². The monoisotopic (exact) mass is 422 g/mol. The topological polar surface area (TPSA) is 92.9 Å². The van der Waals surface area contributed by atoms with E-state index in [9.17, 15) is 4.79 Å². The largest absolute Gasteiger partial charge is 0.353 e. The number of nitrogens with zero attached hydrogens (tertiary/aromatic N) is 8. The lowest BCUT2D eigenvalue weighted by molar-refractivity contribution is -0.128. The molecular weight excluding hydrogens is 400 g/mol. The highest BCUT2D eigenvalue weighted by molar-refractivity contribution is 7.99. The van der Waals surface area contributed by atoms with Crippen LogP contribution in [0.2, 0.25) is 0 Å². The maximum atomic E-state index is 12.7. The van der Waals surface area contributed by atoms with Gasteiger partial charge in [0.25, 0.3) is 0 Å². The number of hydrogen-bond acceptors (Lipinski definition) is 8. The molecule has 0 radical (unpaired) electrons. The van der Waals surface area contributed by atoms with E-state index in [-0.39, 0.29) is 5.91 Å². The molecule has 2 aliphatic rings. The van der Waals surface area contributed by atoms with Crippen molar-refractivity contribution in [3.05, 3.63) is 42.6 Å². The van der Waals surface area contributed by atoms with E-state index in [1.54, 1.807) is 6.20 Å². The van der Waals surface area contributed by atoms with E-state index >= 15 is 0 Å². The van der Waals surface area contributed by atoms with Gasteiger partial charge in [0, 0.05) is 37.9 Å². The van der Waals surface area contributed by atoms with Gasteiger partial charge in [-0.05, 0) is 29.3 Å². The third kappa shape index (κ3) is 4.13. The van der Waals surface area contributed by atoms with Crippen LogP contribution in [0.15, 0.2) is 47.8 Å². The first-order valence-corrected chi connectivity index (χ1v) is 11.1. The maximum absolute atomic E-state index is 12.7. The van der Waals surface area contributed by atoms with Gasteiger partial charge in [0.2, 0.25) is 11.1 Å². The molecule has 2 aromatic heterocycles. The van der Waals surface area contributed by atoms with Crippen LogP contribution < -0.4 is 4.90 Å². The van der Waals surface area contributed by atoms with Crippen molar-refractivity contribution in [1.82, 2.24) is 35.1 Å². The van der Waals surface area contributed by atoms with Crippen LogP contribution in [-0.2, 0) is 4.79 Å². The molecule has 0 atom stereocenters. The number of thioether (sulfide) groups is 1. The number of piperazine rings is 1. The summed E-state index contributed by atoms with van der Waals surface area (Å²) in [5.41, 5.74) is 0.999. The number of anilines is 1. The standard InChI is InChI=1S/C20H22N8OS/c29-18(14-30-20-23-24-25-28(20)16-6-7-16)27-12-10-26(11-13-27)17-8-9-21-19(22-17)15-4-2-1-3-5-15/h1-5,8-9,16H,6-7,10-14H2. The quantitative estimate of drug-likeness (QED) is 0.556. The molecule has 10 heteroatoms. The van der Waals surface area contributed by atoms with Gasteiger partial charge in [-0.3, -0.25) is 4.79 Å². The third-order valence-corrected chi connectivity index (χ3v) is 6.23. The van der Waals surface area contributed by atoms with Crippen LogP contribution in [0.4, 0.5) is 5.82 Å². The van der Waals surface area contributed by atoms with E-state index in [0.717, 1.165) is 48.3 Å². The zero-order valence-electron chi connectivity index (χ0n) is 16.5. The Morgan fingerprint density at radius 3 is 2.63 bits per heavy atom. The van der Waals surface area contributed by atoms with Gasteiger partial charge in [0.1, 0.15) is 5.82 Å². The van der Waals surface area contributed by atoms with Crippen molar-refractivity contribution in [3.8, 4) is 11.4 Å². The Morgan fingerprint density at radius 2 is 1.87 bits per heavy atom. The fraction of sp³-hybridized carbons (Fsp3) is 0.400. The highest BCUT2D eigenvalue weighted by Gasteiger charge is 2.29. The Morgan fingerprint density at radius 1 is 1.07 bits per heavy atom. The predicted octanol–water partition coefficient (Wildman–Crippen LogP) is 1.91. The second kappa shape index (κ2) is 8.39. The minimum Gasteiger partial charge on any atom is -0.353 e. The zero-order chi connectivity index (χ0) is 20.3. The first-order valence-electron chi connectivity index (χ1n) is 10.1. The summed E-state index contributed by atoms with van der Waals surface area (Å²) in [5, 5.41) is 12.6. The molecule has 3 heterocycles. The van der Waals surface area contributed by atoms with Gasteiger partial charge in [-0.15, -0.1) is 5.10 Å². The molecule has 5 rings (SSSR count). The Kier molecular flexibility index (Phi) is 5.31. The average Bonchev–Trinajstić information content (AvgIpc) is 3.55. The van der Waals surface area contributed by atoms with Gasteiger partial charge in [0.15, 0.2) is 5.82 Å². The lowest BCUT2D eigenvalue weighted by atomic mass is 10.2. The summed E-state index contributed by atoms with van der Waals surface area (Å²) < 4.78 is 1.84.